The minimum Gasteiger partial charge on any atom is -0.468 e. The average Bonchev–Trinajstić information content (AvgIpc) is 2.55. The minimum absolute atomic E-state index is 0.0512. The number of rotatable bonds is 6. The van der Waals surface area contributed by atoms with Crippen molar-refractivity contribution in [3.63, 3.8) is 0 Å². The number of carbonyl (C=O) groups is 1. The van der Waals surface area contributed by atoms with Crippen LogP contribution >= 0.6 is 0 Å². The summed E-state index contributed by atoms with van der Waals surface area (Å²) in [5, 5.41) is 0. The van der Waals surface area contributed by atoms with Crippen LogP contribution in [0.15, 0.2) is 30.3 Å². The summed E-state index contributed by atoms with van der Waals surface area (Å²) in [6.45, 7) is 2.28. The van der Waals surface area contributed by atoms with Crippen molar-refractivity contribution in [3.05, 3.63) is 35.9 Å². The Balaban J connectivity index is 2.25. The van der Waals surface area contributed by atoms with E-state index < -0.39 is 16.2 Å². The molecule has 1 heterocycles. The van der Waals surface area contributed by atoms with E-state index in [-0.39, 0.29) is 19.1 Å². The first-order valence-electron chi connectivity index (χ1n) is 7.83. The predicted molar refractivity (Wildman–Crippen MR) is 87.8 cm³/mol. The lowest BCUT2D eigenvalue weighted by Crippen LogP contribution is -2.50. The molecule has 128 valence electrons. The molecule has 1 fully saturated rings. The number of carbonyl (C=O) groups excluding carboxylic acids is 1. The summed E-state index contributed by atoms with van der Waals surface area (Å²) in [4.78, 5) is 11.7. The molecule has 6 nitrogen and oxygen atoms in total. The second-order valence-electron chi connectivity index (χ2n) is 5.79. The van der Waals surface area contributed by atoms with Crippen molar-refractivity contribution in [1.29, 1.82) is 0 Å². The summed E-state index contributed by atoms with van der Waals surface area (Å²) in [6.07, 6.45) is 2.72. The van der Waals surface area contributed by atoms with Gasteiger partial charge in [0.25, 0.3) is 10.2 Å². The highest BCUT2D eigenvalue weighted by Crippen LogP contribution is 2.23. The topological polar surface area (TPSA) is 66.9 Å². The highest BCUT2D eigenvalue weighted by molar-refractivity contribution is 7.86. The second kappa shape index (κ2) is 7.90. The smallest absolute Gasteiger partial charge is 0.321 e. The van der Waals surface area contributed by atoms with E-state index in [4.69, 9.17) is 0 Å². The first kappa shape index (κ1) is 17.9. The molecule has 23 heavy (non-hydrogen) atoms. The molecule has 0 saturated carbocycles. The Labute approximate surface area is 138 Å². The maximum absolute atomic E-state index is 13.0. The second-order valence-corrected chi connectivity index (χ2v) is 7.67. The zero-order chi connectivity index (χ0) is 16.9. The normalized spacial score (nSPS) is 19.7. The highest BCUT2D eigenvalue weighted by Gasteiger charge is 2.35. The van der Waals surface area contributed by atoms with E-state index in [1.807, 2.05) is 37.3 Å². The quantitative estimate of drug-likeness (QED) is 0.741. The zero-order valence-electron chi connectivity index (χ0n) is 13.6. The fraction of sp³-hybridized carbons (Fsp3) is 0.562. The van der Waals surface area contributed by atoms with Crippen LogP contribution in [0.4, 0.5) is 0 Å². The van der Waals surface area contributed by atoms with Gasteiger partial charge in [0.05, 0.1) is 7.11 Å². The average molecular weight is 340 g/mol. The van der Waals surface area contributed by atoms with Gasteiger partial charge in [-0.05, 0) is 25.3 Å². The van der Waals surface area contributed by atoms with Gasteiger partial charge in [-0.15, -0.1) is 0 Å². The van der Waals surface area contributed by atoms with Crippen molar-refractivity contribution >= 4 is 16.2 Å². The van der Waals surface area contributed by atoms with Crippen LogP contribution in [0, 0.1) is 0 Å². The van der Waals surface area contributed by atoms with Crippen LogP contribution < -0.4 is 0 Å². The highest BCUT2D eigenvalue weighted by atomic mass is 32.2. The van der Waals surface area contributed by atoms with Gasteiger partial charge in [-0.25, -0.2) is 0 Å². The molecule has 0 aliphatic carbocycles. The SMILES string of the molecule is COC(=O)CN(Cc1ccccc1)S(=O)(=O)N1CCCCC1C. The first-order chi connectivity index (χ1) is 10.9. The van der Waals surface area contributed by atoms with Crippen LogP contribution in [-0.2, 0) is 26.3 Å². The fourth-order valence-electron chi connectivity index (χ4n) is 2.78. The summed E-state index contributed by atoms with van der Waals surface area (Å²) in [5.74, 6) is -0.561. The summed E-state index contributed by atoms with van der Waals surface area (Å²) < 4.78 is 33.4. The summed E-state index contributed by atoms with van der Waals surface area (Å²) in [7, 11) is -2.45. The van der Waals surface area contributed by atoms with Gasteiger partial charge in [0.1, 0.15) is 6.54 Å². The third-order valence-electron chi connectivity index (χ3n) is 4.10. The number of ether oxygens (including phenoxy) is 1. The van der Waals surface area contributed by atoms with Gasteiger partial charge >= 0.3 is 5.97 Å². The van der Waals surface area contributed by atoms with Crippen LogP contribution in [0.2, 0.25) is 0 Å². The van der Waals surface area contributed by atoms with E-state index in [1.165, 1.54) is 15.7 Å². The molecule has 1 aliphatic heterocycles. The summed E-state index contributed by atoms with van der Waals surface area (Å²) in [5.41, 5.74) is 0.838. The fourth-order valence-corrected chi connectivity index (χ4v) is 4.57. The van der Waals surface area contributed by atoms with Gasteiger partial charge in [-0.1, -0.05) is 36.8 Å². The van der Waals surface area contributed by atoms with E-state index in [9.17, 15) is 13.2 Å². The largest absolute Gasteiger partial charge is 0.468 e. The van der Waals surface area contributed by atoms with E-state index in [0.717, 1.165) is 24.8 Å². The maximum atomic E-state index is 13.0. The standard InChI is InChI=1S/C16H24N2O4S/c1-14-8-6-7-11-18(14)23(20,21)17(13-16(19)22-2)12-15-9-4-3-5-10-15/h3-5,9-10,14H,6-8,11-13H2,1-2H3. The Hall–Kier alpha value is -1.44. The van der Waals surface area contributed by atoms with Crippen LogP contribution in [-0.4, -0.2) is 49.2 Å². The minimum atomic E-state index is -3.71. The van der Waals surface area contributed by atoms with Gasteiger partial charge in [0, 0.05) is 19.1 Å². The Bertz CT molecular complexity index is 618. The molecule has 1 saturated heterocycles. The van der Waals surface area contributed by atoms with Gasteiger partial charge in [-0.2, -0.15) is 17.0 Å². The molecule has 0 radical (unpaired) electrons. The van der Waals surface area contributed by atoms with Crippen LogP contribution in [0.3, 0.4) is 0 Å². The lowest BCUT2D eigenvalue weighted by atomic mass is 10.1. The molecule has 7 heteroatoms. The van der Waals surface area contributed by atoms with Crippen LogP contribution in [0.25, 0.3) is 0 Å². The summed E-state index contributed by atoms with van der Waals surface area (Å²) >= 11 is 0. The molecule has 0 aromatic heterocycles. The van der Waals surface area contributed by atoms with E-state index in [1.54, 1.807) is 0 Å². The van der Waals surface area contributed by atoms with Gasteiger partial charge in [0.2, 0.25) is 0 Å². The summed E-state index contributed by atoms with van der Waals surface area (Å²) in [6, 6.07) is 9.21. The zero-order valence-corrected chi connectivity index (χ0v) is 14.5. The number of piperidine rings is 1. The lowest BCUT2D eigenvalue weighted by molar-refractivity contribution is -0.140. The van der Waals surface area contributed by atoms with Crippen molar-refractivity contribution in [2.75, 3.05) is 20.2 Å². The van der Waals surface area contributed by atoms with Crippen molar-refractivity contribution in [1.82, 2.24) is 8.61 Å². The van der Waals surface area contributed by atoms with Crippen LogP contribution in [0.1, 0.15) is 31.7 Å². The van der Waals surface area contributed by atoms with Crippen molar-refractivity contribution in [3.8, 4) is 0 Å². The van der Waals surface area contributed by atoms with Crippen molar-refractivity contribution in [2.45, 2.75) is 38.8 Å². The molecule has 1 aromatic carbocycles. The Morgan fingerprint density at radius 3 is 2.61 bits per heavy atom. The Morgan fingerprint density at radius 2 is 2.00 bits per heavy atom. The molecule has 0 amide bonds. The number of benzene rings is 1. The molecule has 1 unspecified atom stereocenters. The third kappa shape index (κ3) is 4.53. The van der Waals surface area contributed by atoms with E-state index in [0.29, 0.717) is 6.54 Å². The number of esters is 1. The van der Waals surface area contributed by atoms with Gasteiger partial charge < -0.3 is 4.74 Å². The van der Waals surface area contributed by atoms with Gasteiger partial charge in [-0.3, -0.25) is 4.79 Å². The molecular formula is C16H24N2O4S. The molecule has 0 spiro atoms. The monoisotopic (exact) mass is 340 g/mol. The van der Waals surface area contributed by atoms with E-state index >= 15 is 0 Å². The van der Waals surface area contributed by atoms with Crippen molar-refractivity contribution in [2.24, 2.45) is 0 Å². The van der Waals surface area contributed by atoms with Crippen LogP contribution in [0.5, 0.6) is 0 Å². The van der Waals surface area contributed by atoms with Gasteiger partial charge in [0.15, 0.2) is 0 Å². The number of nitrogens with zero attached hydrogens (tertiary/aromatic N) is 2. The molecule has 1 aliphatic rings. The Morgan fingerprint density at radius 1 is 1.30 bits per heavy atom. The third-order valence-corrected chi connectivity index (χ3v) is 6.15. The van der Waals surface area contributed by atoms with E-state index in [2.05, 4.69) is 4.74 Å². The lowest BCUT2D eigenvalue weighted by Gasteiger charge is -2.36. The number of hydrogen-bond donors (Lipinski definition) is 0. The van der Waals surface area contributed by atoms with Crippen molar-refractivity contribution < 1.29 is 17.9 Å². The Kier molecular flexibility index (Phi) is 6.15. The number of hydrogen-bond acceptors (Lipinski definition) is 4. The molecule has 0 bridgehead atoms. The maximum Gasteiger partial charge on any atom is 0.321 e. The molecule has 1 atom stereocenters. The molecule has 1 aromatic rings. The first-order valence-corrected chi connectivity index (χ1v) is 9.22. The molecule has 2 rings (SSSR count). The predicted octanol–water partition coefficient (Wildman–Crippen LogP) is 1.78. The molecule has 0 N–H and O–H groups in total. The molecular weight excluding hydrogens is 316 g/mol. The number of methoxy groups -OCH3 is 1.